The van der Waals surface area contributed by atoms with Crippen LogP contribution in [-0.2, 0) is 14.3 Å². The Morgan fingerprint density at radius 2 is 2.13 bits per heavy atom. The smallest absolute Gasteiger partial charge is 0.258 e. The molecule has 0 spiro atoms. The first-order chi connectivity index (χ1) is 6.89. The minimum absolute atomic E-state index is 0.0670. The zero-order valence-electron chi connectivity index (χ0n) is 9.00. The van der Waals surface area contributed by atoms with Crippen LogP contribution in [0.15, 0.2) is 11.3 Å². The molecule has 1 atom stereocenters. The molecule has 15 heavy (non-hydrogen) atoms. The Morgan fingerprint density at radius 1 is 1.47 bits per heavy atom. The van der Waals surface area contributed by atoms with Crippen molar-refractivity contribution in [2.75, 3.05) is 0 Å². The molecule has 82 valence electrons. The first kappa shape index (κ1) is 10.2. The molecule has 1 unspecified atom stereocenters. The van der Waals surface area contributed by atoms with E-state index in [1.54, 1.807) is 0 Å². The lowest BCUT2D eigenvalue weighted by Gasteiger charge is -2.28. The summed E-state index contributed by atoms with van der Waals surface area (Å²) in [5.41, 5.74) is 5.77. The third-order valence-electron chi connectivity index (χ3n) is 2.94. The van der Waals surface area contributed by atoms with Gasteiger partial charge in [-0.3, -0.25) is 9.59 Å². The molecule has 0 aromatic heterocycles. The molecule has 1 aliphatic carbocycles. The van der Waals surface area contributed by atoms with E-state index in [-0.39, 0.29) is 11.2 Å². The highest BCUT2D eigenvalue weighted by molar-refractivity contribution is 5.99. The highest BCUT2D eigenvalue weighted by Crippen LogP contribution is 2.42. The zero-order valence-corrected chi connectivity index (χ0v) is 9.00. The average molecular weight is 209 g/mol. The number of carbonyl (C=O) groups is 2. The summed E-state index contributed by atoms with van der Waals surface area (Å²) in [7, 11) is 0. The van der Waals surface area contributed by atoms with Crippen LogP contribution in [0.4, 0.5) is 0 Å². The number of carbonyl (C=O) groups excluding carboxylic acids is 2. The second-order valence-corrected chi connectivity index (χ2v) is 5.06. The van der Waals surface area contributed by atoms with Crippen LogP contribution in [0.25, 0.3) is 0 Å². The molecular formula is C11H15NO3. The van der Waals surface area contributed by atoms with Gasteiger partial charge in [-0.05, 0) is 5.41 Å². The Hall–Kier alpha value is -1.32. The lowest BCUT2D eigenvalue weighted by Crippen LogP contribution is -2.28. The topological polar surface area (TPSA) is 69.4 Å². The molecule has 0 fully saturated rings. The standard InChI is InChI=1S/C11H15NO3/c1-11(2)4-7(13)6-3-8(10(12)14)15-9(6)5-11/h8H,3-5H2,1-2H3,(H2,12,14). The Labute approximate surface area is 88.5 Å². The molecule has 0 aromatic rings. The van der Waals surface area contributed by atoms with E-state index in [4.69, 9.17) is 10.5 Å². The second kappa shape index (κ2) is 3.08. The van der Waals surface area contributed by atoms with E-state index >= 15 is 0 Å². The maximum absolute atomic E-state index is 11.8. The molecule has 1 heterocycles. The van der Waals surface area contributed by atoms with E-state index in [0.717, 1.165) is 6.42 Å². The van der Waals surface area contributed by atoms with Crippen molar-refractivity contribution in [3.05, 3.63) is 11.3 Å². The predicted octanol–water partition coefficient (Wildman–Crippen LogP) is 0.904. The normalized spacial score (nSPS) is 28.7. The van der Waals surface area contributed by atoms with Crippen molar-refractivity contribution in [1.29, 1.82) is 0 Å². The van der Waals surface area contributed by atoms with Gasteiger partial charge in [0.15, 0.2) is 11.9 Å². The number of hydrogen-bond acceptors (Lipinski definition) is 3. The van der Waals surface area contributed by atoms with Gasteiger partial charge in [0.1, 0.15) is 5.76 Å². The van der Waals surface area contributed by atoms with Crippen LogP contribution in [0, 0.1) is 5.41 Å². The zero-order chi connectivity index (χ0) is 11.2. The number of nitrogens with two attached hydrogens (primary N) is 1. The van der Waals surface area contributed by atoms with Crippen molar-refractivity contribution >= 4 is 11.7 Å². The third-order valence-corrected chi connectivity index (χ3v) is 2.94. The Kier molecular flexibility index (Phi) is 2.10. The number of allylic oxidation sites excluding steroid dienone is 1. The Balaban J connectivity index is 2.23. The highest BCUT2D eigenvalue weighted by atomic mass is 16.5. The molecule has 0 saturated carbocycles. The highest BCUT2D eigenvalue weighted by Gasteiger charge is 2.40. The molecule has 2 rings (SSSR count). The van der Waals surface area contributed by atoms with Gasteiger partial charge in [0.2, 0.25) is 0 Å². The van der Waals surface area contributed by atoms with Crippen LogP contribution < -0.4 is 5.73 Å². The molecule has 2 aliphatic rings. The molecular weight excluding hydrogens is 194 g/mol. The number of ketones is 1. The van der Waals surface area contributed by atoms with Gasteiger partial charge >= 0.3 is 0 Å². The van der Waals surface area contributed by atoms with Crippen LogP contribution in [-0.4, -0.2) is 17.8 Å². The van der Waals surface area contributed by atoms with E-state index in [2.05, 4.69) is 0 Å². The third kappa shape index (κ3) is 1.76. The SMILES string of the molecule is CC1(C)CC(=O)C2=C(C1)OC(C(N)=O)C2. The predicted molar refractivity (Wildman–Crippen MR) is 53.7 cm³/mol. The Bertz CT molecular complexity index is 368. The summed E-state index contributed by atoms with van der Waals surface area (Å²) in [6, 6.07) is 0. The number of ether oxygens (including phenoxy) is 1. The van der Waals surface area contributed by atoms with Gasteiger partial charge in [0.25, 0.3) is 5.91 Å². The van der Waals surface area contributed by atoms with Crippen molar-refractivity contribution in [1.82, 2.24) is 0 Å². The minimum Gasteiger partial charge on any atom is -0.484 e. The number of hydrogen-bond donors (Lipinski definition) is 1. The first-order valence-corrected chi connectivity index (χ1v) is 5.10. The van der Waals surface area contributed by atoms with Crippen molar-refractivity contribution in [2.45, 2.75) is 39.2 Å². The lowest BCUT2D eigenvalue weighted by atomic mass is 9.76. The van der Waals surface area contributed by atoms with Gasteiger partial charge in [-0.15, -0.1) is 0 Å². The van der Waals surface area contributed by atoms with Crippen LogP contribution in [0.3, 0.4) is 0 Å². The average Bonchev–Trinajstić information content (AvgIpc) is 2.45. The van der Waals surface area contributed by atoms with E-state index in [0.29, 0.717) is 24.2 Å². The van der Waals surface area contributed by atoms with E-state index in [9.17, 15) is 9.59 Å². The summed E-state index contributed by atoms with van der Waals surface area (Å²) in [4.78, 5) is 22.7. The maximum atomic E-state index is 11.8. The summed E-state index contributed by atoms with van der Waals surface area (Å²) in [6.45, 7) is 4.05. The molecule has 2 N–H and O–H groups in total. The van der Waals surface area contributed by atoms with Crippen LogP contribution in [0.2, 0.25) is 0 Å². The number of primary amides is 1. The number of rotatable bonds is 1. The van der Waals surface area contributed by atoms with Crippen LogP contribution in [0.1, 0.15) is 33.1 Å². The molecule has 1 amide bonds. The summed E-state index contributed by atoms with van der Waals surface area (Å²) < 4.78 is 5.42. The molecule has 0 bridgehead atoms. The summed E-state index contributed by atoms with van der Waals surface area (Å²) in [6.07, 6.45) is 0.978. The van der Waals surface area contributed by atoms with Gasteiger partial charge in [0.05, 0.1) is 0 Å². The summed E-state index contributed by atoms with van der Waals surface area (Å²) in [5.74, 6) is 0.292. The van der Waals surface area contributed by atoms with Crippen molar-refractivity contribution < 1.29 is 14.3 Å². The monoisotopic (exact) mass is 209 g/mol. The lowest BCUT2D eigenvalue weighted by molar-refractivity contribution is -0.126. The van der Waals surface area contributed by atoms with Crippen molar-refractivity contribution in [2.24, 2.45) is 11.1 Å². The van der Waals surface area contributed by atoms with Crippen LogP contribution in [0.5, 0.6) is 0 Å². The first-order valence-electron chi connectivity index (χ1n) is 5.10. The molecule has 4 nitrogen and oxygen atoms in total. The van der Waals surface area contributed by atoms with Gasteiger partial charge in [-0.1, -0.05) is 13.8 Å². The second-order valence-electron chi connectivity index (χ2n) is 5.06. The fourth-order valence-electron chi connectivity index (χ4n) is 2.20. The van der Waals surface area contributed by atoms with E-state index in [1.165, 1.54) is 0 Å². The number of amides is 1. The molecule has 0 aromatic carbocycles. The van der Waals surface area contributed by atoms with Crippen molar-refractivity contribution in [3.63, 3.8) is 0 Å². The fraction of sp³-hybridized carbons (Fsp3) is 0.636. The summed E-state index contributed by atoms with van der Waals surface area (Å²) in [5, 5.41) is 0. The maximum Gasteiger partial charge on any atom is 0.258 e. The van der Waals surface area contributed by atoms with Gasteiger partial charge in [-0.25, -0.2) is 0 Å². The largest absolute Gasteiger partial charge is 0.484 e. The van der Waals surface area contributed by atoms with Gasteiger partial charge in [0, 0.05) is 24.8 Å². The van der Waals surface area contributed by atoms with E-state index < -0.39 is 12.0 Å². The summed E-state index contributed by atoms with van der Waals surface area (Å²) >= 11 is 0. The minimum atomic E-state index is -0.632. The molecule has 1 aliphatic heterocycles. The molecule has 0 saturated heterocycles. The fourth-order valence-corrected chi connectivity index (χ4v) is 2.20. The van der Waals surface area contributed by atoms with Gasteiger partial charge < -0.3 is 10.5 Å². The molecule has 0 radical (unpaired) electrons. The Morgan fingerprint density at radius 3 is 2.73 bits per heavy atom. The molecule has 4 heteroatoms. The number of Topliss-reactive ketones (excluding diaryl/α,β-unsaturated/α-hetero) is 1. The van der Waals surface area contributed by atoms with Gasteiger partial charge in [-0.2, -0.15) is 0 Å². The van der Waals surface area contributed by atoms with E-state index in [1.807, 2.05) is 13.8 Å². The quantitative estimate of drug-likeness (QED) is 0.697. The van der Waals surface area contributed by atoms with Crippen LogP contribution >= 0.6 is 0 Å². The van der Waals surface area contributed by atoms with Crippen molar-refractivity contribution in [3.8, 4) is 0 Å².